The molecule has 21 heavy (non-hydrogen) atoms. The lowest BCUT2D eigenvalue weighted by Crippen LogP contribution is -2.50. The number of hydrogen-bond donors (Lipinski definition) is 1. The van der Waals surface area contributed by atoms with Crippen LogP contribution in [0, 0.1) is 5.92 Å². The summed E-state index contributed by atoms with van der Waals surface area (Å²) in [5, 5.41) is 8.59. The highest BCUT2D eigenvalue weighted by molar-refractivity contribution is 5.75. The molecule has 1 aliphatic carbocycles. The van der Waals surface area contributed by atoms with E-state index in [2.05, 4.69) is 4.90 Å². The van der Waals surface area contributed by atoms with E-state index in [1.165, 1.54) is 19.3 Å². The topological polar surface area (TPSA) is 70.1 Å². The molecule has 2 saturated heterocycles. The average molecular weight is 296 g/mol. The predicted octanol–water partition coefficient (Wildman–Crippen LogP) is 1.55. The number of likely N-dealkylation sites (tertiary alicyclic amines) is 2. The van der Waals surface area contributed by atoms with Crippen molar-refractivity contribution in [2.45, 2.75) is 50.7 Å². The summed E-state index contributed by atoms with van der Waals surface area (Å²) >= 11 is 0. The number of carbonyl (C=O) groups excluding carboxylic acids is 1. The minimum atomic E-state index is -0.827. The molecular weight excluding hydrogens is 272 g/mol. The Balaban J connectivity index is 1.41. The third-order valence-electron chi connectivity index (χ3n) is 5.04. The fourth-order valence-corrected chi connectivity index (χ4v) is 3.87. The lowest BCUT2D eigenvalue weighted by Gasteiger charge is -2.37. The number of rotatable bonds is 4. The first-order valence-corrected chi connectivity index (χ1v) is 8.02. The molecule has 6 heteroatoms. The van der Waals surface area contributed by atoms with Crippen LogP contribution in [0.15, 0.2) is 0 Å². The van der Waals surface area contributed by atoms with Gasteiger partial charge >= 0.3 is 12.0 Å². The Hall–Kier alpha value is -1.30. The molecule has 2 atom stereocenters. The molecule has 0 aromatic carbocycles. The van der Waals surface area contributed by atoms with E-state index in [1.807, 2.05) is 4.90 Å². The first-order chi connectivity index (χ1) is 10.1. The number of carboxylic acids is 1. The van der Waals surface area contributed by atoms with Gasteiger partial charge < -0.3 is 19.6 Å². The number of aliphatic carboxylic acids is 1. The van der Waals surface area contributed by atoms with Gasteiger partial charge in [0.1, 0.15) is 0 Å². The van der Waals surface area contributed by atoms with Crippen LogP contribution in [0.25, 0.3) is 0 Å². The molecular formula is C15H24N2O4. The molecule has 2 heterocycles. The van der Waals surface area contributed by atoms with Gasteiger partial charge in [-0.15, -0.1) is 0 Å². The maximum Gasteiger partial charge on any atom is 0.320 e. The van der Waals surface area contributed by atoms with Crippen LogP contribution in [0.3, 0.4) is 0 Å². The zero-order chi connectivity index (χ0) is 14.8. The van der Waals surface area contributed by atoms with Crippen molar-refractivity contribution in [1.29, 1.82) is 0 Å². The molecule has 6 nitrogen and oxygen atoms in total. The molecule has 3 rings (SSSR count). The number of ether oxygens (including phenoxy) is 1. The van der Waals surface area contributed by atoms with Crippen molar-refractivity contribution in [3.05, 3.63) is 0 Å². The summed E-state index contributed by atoms with van der Waals surface area (Å²) in [5.74, 6) is -0.0949. The summed E-state index contributed by atoms with van der Waals surface area (Å²) < 4.78 is 5.56. The molecule has 0 aromatic heterocycles. The van der Waals surface area contributed by atoms with E-state index in [0.29, 0.717) is 6.04 Å². The monoisotopic (exact) mass is 296 g/mol. The van der Waals surface area contributed by atoms with Crippen molar-refractivity contribution in [2.75, 3.05) is 26.2 Å². The molecule has 3 fully saturated rings. The van der Waals surface area contributed by atoms with Crippen LogP contribution in [0.4, 0.5) is 4.79 Å². The summed E-state index contributed by atoms with van der Waals surface area (Å²) in [6.45, 7) is 2.66. The van der Waals surface area contributed by atoms with E-state index in [9.17, 15) is 9.59 Å². The molecule has 0 radical (unpaired) electrons. The molecule has 0 spiro atoms. The Morgan fingerprint density at radius 1 is 1.14 bits per heavy atom. The number of fused-ring (bicyclic) bond motifs is 2. The van der Waals surface area contributed by atoms with Gasteiger partial charge in [-0.2, -0.15) is 0 Å². The highest BCUT2D eigenvalue weighted by atomic mass is 16.5. The highest BCUT2D eigenvalue weighted by Gasteiger charge is 2.42. The fourth-order valence-electron chi connectivity index (χ4n) is 3.87. The highest BCUT2D eigenvalue weighted by Crippen LogP contribution is 2.38. The van der Waals surface area contributed by atoms with Gasteiger partial charge in [-0.05, 0) is 38.0 Å². The van der Waals surface area contributed by atoms with E-state index < -0.39 is 5.97 Å². The van der Waals surface area contributed by atoms with E-state index in [1.54, 1.807) is 0 Å². The summed E-state index contributed by atoms with van der Waals surface area (Å²) in [5.41, 5.74) is 0. The molecule has 2 aliphatic heterocycles. The van der Waals surface area contributed by atoms with Crippen LogP contribution < -0.4 is 0 Å². The van der Waals surface area contributed by atoms with E-state index >= 15 is 0 Å². The van der Waals surface area contributed by atoms with E-state index in [4.69, 9.17) is 9.84 Å². The molecule has 2 bridgehead atoms. The van der Waals surface area contributed by atoms with Crippen molar-refractivity contribution < 1.29 is 19.4 Å². The second-order valence-electron chi connectivity index (χ2n) is 6.47. The maximum absolute atomic E-state index is 12.5. The Kier molecular flexibility index (Phi) is 4.33. The molecule has 0 aromatic rings. The minimum absolute atomic E-state index is 0.0516. The number of amides is 2. The molecule has 2 amide bonds. The normalized spacial score (nSPS) is 29.1. The number of urea groups is 1. The van der Waals surface area contributed by atoms with Crippen LogP contribution in [-0.2, 0) is 9.53 Å². The van der Waals surface area contributed by atoms with Crippen LogP contribution in [-0.4, -0.2) is 65.3 Å². The Bertz CT molecular complexity index is 406. The number of carboxylic acid groups (broad SMARTS) is 1. The largest absolute Gasteiger partial charge is 0.481 e. The molecule has 2 unspecified atom stereocenters. The number of piperidine rings is 2. The SMILES string of the molecule is O=C(O)CCOC1CCN(C(=O)N2CC3CCC2C3)CC1. The second-order valence-corrected chi connectivity index (χ2v) is 6.47. The van der Waals surface area contributed by atoms with Crippen LogP contribution in [0.2, 0.25) is 0 Å². The smallest absolute Gasteiger partial charge is 0.320 e. The van der Waals surface area contributed by atoms with Crippen molar-refractivity contribution in [1.82, 2.24) is 9.80 Å². The molecule has 1 saturated carbocycles. The third kappa shape index (κ3) is 3.31. The van der Waals surface area contributed by atoms with Crippen molar-refractivity contribution in [3.8, 4) is 0 Å². The van der Waals surface area contributed by atoms with Gasteiger partial charge in [0, 0.05) is 25.7 Å². The zero-order valence-corrected chi connectivity index (χ0v) is 12.4. The summed E-state index contributed by atoms with van der Waals surface area (Å²) in [4.78, 5) is 27.0. The Labute approximate surface area is 125 Å². The maximum atomic E-state index is 12.5. The van der Waals surface area contributed by atoms with Gasteiger partial charge in [0.25, 0.3) is 0 Å². The Morgan fingerprint density at radius 3 is 2.48 bits per heavy atom. The Morgan fingerprint density at radius 2 is 1.90 bits per heavy atom. The fraction of sp³-hybridized carbons (Fsp3) is 0.867. The lowest BCUT2D eigenvalue weighted by molar-refractivity contribution is -0.138. The van der Waals surface area contributed by atoms with Crippen LogP contribution >= 0.6 is 0 Å². The number of nitrogens with zero attached hydrogens (tertiary/aromatic N) is 2. The van der Waals surface area contributed by atoms with Crippen LogP contribution in [0.1, 0.15) is 38.5 Å². The molecule has 3 aliphatic rings. The van der Waals surface area contributed by atoms with Crippen molar-refractivity contribution >= 4 is 12.0 Å². The van der Waals surface area contributed by atoms with Gasteiger partial charge in [-0.1, -0.05) is 0 Å². The average Bonchev–Trinajstić information content (AvgIpc) is 3.09. The standard InChI is InChI=1S/C15H24N2O4/c18-14(19)5-8-21-13-3-6-16(7-4-13)15(20)17-10-11-1-2-12(17)9-11/h11-13H,1-10H2,(H,18,19). The predicted molar refractivity (Wildman–Crippen MR) is 76.0 cm³/mol. The number of hydrogen-bond acceptors (Lipinski definition) is 3. The lowest BCUT2D eigenvalue weighted by atomic mass is 10.1. The van der Waals surface area contributed by atoms with Gasteiger partial charge in [-0.3, -0.25) is 4.79 Å². The number of carbonyl (C=O) groups is 2. The van der Waals surface area contributed by atoms with Gasteiger partial charge in [-0.25, -0.2) is 4.79 Å². The van der Waals surface area contributed by atoms with Crippen molar-refractivity contribution in [3.63, 3.8) is 0 Å². The van der Waals surface area contributed by atoms with Crippen molar-refractivity contribution in [2.24, 2.45) is 5.92 Å². The summed E-state index contributed by atoms with van der Waals surface area (Å²) in [7, 11) is 0. The third-order valence-corrected chi connectivity index (χ3v) is 5.04. The quantitative estimate of drug-likeness (QED) is 0.854. The second kappa shape index (κ2) is 6.22. The summed E-state index contributed by atoms with van der Waals surface area (Å²) in [6.07, 6.45) is 5.43. The van der Waals surface area contributed by atoms with E-state index in [-0.39, 0.29) is 25.2 Å². The first kappa shape index (κ1) is 14.6. The minimum Gasteiger partial charge on any atom is -0.481 e. The van der Waals surface area contributed by atoms with Crippen LogP contribution in [0.5, 0.6) is 0 Å². The van der Waals surface area contributed by atoms with Gasteiger partial charge in [0.15, 0.2) is 0 Å². The van der Waals surface area contributed by atoms with Gasteiger partial charge in [0.2, 0.25) is 0 Å². The van der Waals surface area contributed by atoms with E-state index in [0.717, 1.165) is 38.4 Å². The molecule has 118 valence electrons. The first-order valence-electron chi connectivity index (χ1n) is 8.02. The summed E-state index contributed by atoms with van der Waals surface area (Å²) in [6, 6.07) is 0.679. The molecule has 1 N–H and O–H groups in total. The zero-order valence-electron chi connectivity index (χ0n) is 12.4. The van der Waals surface area contributed by atoms with Gasteiger partial charge in [0.05, 0.1) is 19.1 Å².